The summed E-state index contributed by atoms with van der Waals surface area (Å²) in [5.74, 6) is 1.19. The second-order valence-electron chi connectivity index (χ2n) is 5.70. The Hall–Kier alpha value is -0.410. The van der Waals surface area contributed by atoms with Crippen molar-refractivity contribution in [2.24, 2.45) is 11.8 Å². The fourth-order valence-corrected chi connectivity index (χ4v) is 3.54. The molecule has 3 heteroatoms. The van der Waals surface area contributed by atoms with Gasteiger partial charge in [0.1, 0.15) is 5.82 Å². The minimum atomic E-state index is -0.135. The van der Waals surface area contributed by atoms with Crippen LogP contribution in [-0.2, 0) is 6.42 Å². The molecule has 3 atom stereocenters. The fourth-order valence-electron chi connectivity index (χ4n) is 3.14. The van der Waals surface area contributed by atoms with Gasteiger partial charge in [-0.2, -0.15) is 0 Å². The Bertz CT molecular complexity index is 421. The first kappa shape index (κ1) is 15.0. The maximum absolute atomic E-state index is 13.3. The van der Waals surface area contributed by atoms with E-state index in [9.17, 15) is 4.39 Å². The van der Waals surface area contributed by atoms with Gasteiger partial charge in [0.2, 0.25) is 0 Å². The first-order valence-electron chi connectivity index (χ1n) is 7.29. The van der Waals surface area contributed by atoms with Crippen molar-refractivity contribution < 1.29 is 4.39 Å². The van der Waals surface area contributed by atoms with E-state index in [1.54, 1.807) is 6.07 Å². The van der Waals surface area contributed by atoms with Crippen LogP contribution < -0.4 is 5.32 Å². The van der Waals surface area contributed by atoms with Crippen LogP contribution in [0, 0.1) is 17.7 Å². The first-order valence-corrected chi connectivity index (χ1v) is 8.08. The molecule has 1 aromatic carbocycles. The molecule has 0 aromatic heterocycles. The van der Waals surface area contributed by atoms with Gasteiger partial charge in [0.25, 0.3) is 0 Å². The number of hydrogen-bond acceptors (Lipinski definition) is 1. The largest absolute Gasteiger partial charge is 0.314 e. The number of nitrogens with one attached hydrogen (secondary N) is 1. The summed E-state index contributed by atoms with van der Waals surface area (Å²) in [7, 11) is 0. The molecule has 3 unspecified atom stereocenters. The van der Waals surface area contributed by atoms with Gasteiger partial charge in [-0.15, -0.1) is 0 Å². The zero-order valence-corrected chi connectivity index (χ0v) is 13.3. The molecule has 0 aliphatic heterocycles. The van der Waals surface area contributed by atoms with E-state index >= 15 is 0 Å². The molecule has 0 spiro atoms. The topological polar surface area (TPSA) is 12.0 Å². The molecule has 0 heterocycles. The molecule has 19 heavy (non-hydrogen) atoms. The fraction of sp³-hybridized carbons (Fsp3) is 0.625. The standard InChI is InChI=1S/C16H23BrFN/c1-3-8-19-16-7-4-12(11(16)2)9-13-10-14(18)5-6-15(13)17/h5-6,10-12,16,19H,3-4,7-9H2,1-2H3. The van der Waals surface area contributed by atoms with Gasteiger partial charge in [0, 0.05) is 10.5 Å². The van der Waals surface area contributed by atoms with Gasteiger partial charge in [0.15, 0.2) is 0 Å². The van der Waals surface area contributed by atoms with E-state index in [0.29, 0.717) is 17.9 Å². The van der Waals surface area contributed by atoms with Gasteiger partial charge in [-0.3, -0.25) is 0 Å². The summed E-state index contributed by atoms with van der Waals surface area (Å²) in [6, 6.07) is 5.63. The maximum atomic E-state index is 13.3. The van der Waals surface area contributed by atoms with Crippen molar-refractivity contribution >= 4 is 15.9 Å². The first-order chi connectivity index (χ1) is 9.11. The summed E-state index contributed by atoms with van der Waals surface area (Å²) in [5.41, 5.74) is 1.10. The number of benzene rings is 1. The van der Waals surface area contributed by atoms with E-state index in [0.717, 1.165) is 23.0 Å². The Morgan fingerprint density at radius 1 is 1.37 bits per heavy atom. The smallest absolute Gasteiger partial charge is 0.123 e. The third-order valence-electron chi connectivity index (χ3n) is 4.37. The Labute approximate surface area is 124 Å². The summed E-state index contributed by atoms with van der Waals surface area (Å²) >= 11 is 3.53. The van der Waals surface area contributed by atoms with Crippen LogP contribution >= 0.6 is 15.9 Å². The Balaban J connectivity index is 1.98. The highest BCUT2D eigenvalue weighted by atomic mass is 79.9. The maximum Gasteiger partial charge on any atom is 0.123 e. The molecule has 1 saturated carbocycles. The molecule has 106 valence electrons. The number of halogens is 2. The molecule has 1 aliphatic rings. The second kappa shape index (κ2) is 6.85. The lowest BCUT2D eigenvalue weighted by molar-refractivity contribution is 0.351. The van der Waals surface area contributed by atoms with Crippen molar-refractivity contribution in [3.63, 3.8) is 0 Å². The quantitative estimate of drug-likeness (QED) is 0.836. The van der Waals surface area contributed by atoms with Crippen LogP contribution in [0.1, 0.15) is 38.7 Å². The van der Waals surface area contributed by atoms with Crippen LogP contribution in [0.25, 0.3) is 0 Å². The molecule has 1 N–H and O–H groups in total. The predicted molar refractivity (Wildman–Crippen MR) is 81.8 cm³/mol. The van der Waals surface area contributed by atoms with E-state index in [4.69, 9.17) is 0 Å². The summed E-state index contributed by atoms with van der Waals surface area (Å²) in [4.78, 5) is 0. The predicted octanol–water partition coefficient (Wildman–Crippen LogP) is 4.55. The molecular formula is C16H23BrFN. The SMILES string of the molecule is CCCNC1CCC(Cc2cc(F)ccc2Br)C1C. The average Bonchev–Trinajstić information content (AvgIpc) is 2.73. The van der Waals surface area contributed by atoms with Crippen LogP contribution in [0.2, 0.25) is 0 Å². The Morgan fingerprint density at radius 3 is 2.89 bits per heavy atom. The van der Waals surface area contributed by atoms with Gasteiger partial charge < -0.3 is 5.32 Å². The molecule has 0 saturated heterocycles. The van der Waals surface area contributed by atoms with Crippen molar-refractivity contribution in [2.75, 3.05) is 6.54 Å². The van der Waals surface area contributed by atoms with Crippen LogP contribution in [0.3, 0.4) is 0 Å². The number of hydrogen-bond donors (Lipinski definition) is 1. The highest BCUT2D eigenvalue weighted by Crippen LogP contribution is 2.35. The summed E-state index contributed by atoms with van der Waals surface area (Å²) in [6.07, 6.45) is 4.65. The van der Waals surface area contributed by atoms with Gasteiger partial charge in [0.05, 0.1) is 0 Å². The molecule has 1 fully saturated rings. The number of rotatable bonds is 5. The van der Waals surface area contributed by atoms with Crippen molar-refractivity contribution in [2.45, 2.75) is 45.6 Å². The Kier molecular flexibility index (Phi) is 5.40. The zero-order chi connectivity index (χ0) is 13.8. The van der Waals surface area contributed by atoms with Crippen molar-refractivity contribution in [3.8, 4) is 0 Å². The minimum absolute atomic E-state index is 0.135. The summed E-state index contributed by atoms with van der Waals surface area (Å²) in [5, 5.41) is 3.64. The minimum Gasteiger partial charge on any atom is -0.314 e. The zero-order valence-electron chi connectivity index (χ0n) is 11.8. The van der Waals surface area contributed by atoms with Gasteiger partial charge in [-0.25, -0.2) is 4.39 Å². The molecule has 1 aliphatic carbocycles. The van der Waals surface area contributed by atoms with E-state index in [2.05, 4.69) is 35.1 Å². The third-order valence-corrected chi connectivity index (χ3v) is 5.15. The van der Waals surface area contributed by atoms with Crippen LogP contribution in [0.15, 0.2) is 22.7 Å². The van der Waals surface area contributed by atoms with Gasteiger partial charge in [-0.05, 0) is 67.8 Å². The Morgan fingerprint density at radius 2 is 2.16 bits per heavy atom. The van der Waals surface area contributed by atoms with E-state index in [-0.39, 0.29) is 5.82 Å². The van der Waals surface area contributed by atoms with Gasteiger partial charge >= 0.3 is 0 Å². The molecule has 2 rings (SSSR count). The average molecular weight is 328 g/mol. The lowest BCUT2D eigenvalue weighted by Gasteiger charge is -2.22. The lowest BCUT2D eigenvalue weighted by Crippen LogP contribution is -2.33. The van der Waals surface area contributed by atoms with Crippen LogP contribution in [-0.4, -0.2) is 12.6 Å². The van der Waals surface area contributed by atoms with Crippen molar-refractivity contribution in [1.82, 2.24) is 5.32 Å². The van der Waals surface area contributed by atoms with E-state index in [1.807, 2.05) is 6.07 Å². The highest BCUT2D eigenvalue weighted by Gasteiger charge is 2.32. The second-order valence-corrected chi connectivity index (χ2v) is 6.55. The summed E-state index contributed by atoms with van der Waals surface area (Å²) < 4.78 is 14.4. The highest BCUT2D eigenvalue weighted by molar-refractivity contribution is 9.10. The van der Waals surface area contributed by atoms with Crippen LogP contribution in [0.5, 0.6) is 0 Å². The monoisotopic (exact) mass is 327 g/mol. The molecule has 0 amide bonds. The molecular weight excluding hydrogens is 305 g/mol. The molecule has 1 aromatic rings. The summed E-state index contributed by atoms with van der Waals surface area (Å²) in [6.45, 7) is 5.64. The normalized spacial score (nSPS) is 26.8. The van der Waals surface area contributed by atoms with Gasteiger partial charge in [-0.1, -0.05) is 29.8 Å². The molecule has 1 nitrogen and oxygen atoms in total. The van der Waals surface area contributed by atoms with Crippen molar-refractivity contribution in [1.29, 1.82) is 0 Å². The van der Waals surface area contributed by atoms with Crippen molar-refractivity contribution in [3.05, 3.63) is 34.1 Å². The molecule has 0 radical (unpaired) electrons. The van der Waals surface area contributed by atoms with E-state index < -0.39 is 0 Å². The lowest BCUT2D eigenvalue weighted by atomic mass is 9.89. The van der Waals surface area contributed by atoms with E-state index in [1.165, 1.54) is 25.3 Å². The molecule has 0 bridgehead atoms. The third kappa shape index (κ3) is 3.79. The van der Waals surface area contributed by atoms with Crippen LogP contribution in [0.4, 0.5) is 4.39 Å².